The van der Waals surface area contributed by atoms with Crippen molar-refractivity contribution in [1.29, 1.82) is 0 Å². The highest BCUT2D eigenvalue weighted by atomic mass is 16.5. The van der Waals surface area contributed by atoms with Crippen LogP contribution in [0.25, 0.3) is 0 Å². The third-order valence-corrected chi connectivity index (χ3v) is 4.13. The van der Waals surface area contributed by atoms with Gasteiger partial charge in [-0.25, -0.2) is 0 Å². The van der Waals surface area contributed by atoms with Crippen molar-refractivity contribution in [2.24, 2.45) is 11.1 Å². The second-order valence-corrected chi connectivity index (χ2v) is 5.25. The van der Waals surface area contributed by atoms with Gasteiger partial charge in [0.1, 0.15) is 0 Å². The van der Waals surface area contributed by atoms with Crippen LogP contribution in [-0.4, -0.2) is 43.3 Å². The first-order chi connectivity index (χ1) is 6.64. The average Bonchev–Trinajstić information content (AvgIpc) is 2.62. The molecule has 2 aliphatic rings. The molecule has 0 aliphatic carbocycles. The molecule has 0 aromatic carbocycles. The maximum absolute atomic E-state index is 5.89. The fourth-order valence-corrected chi connectivity index (χ4v) is 2.57. The zero-order chi connectivity index (χ0) is 10.2. The van der Waals surface area contributed by atoms with E-state index in [0.717, 1.165) is 26.2 Å². The molecule has 2 aliphatic heterocycles. The molecule has 0 bridgehead atoms. The van der Waals surface area contributed by atoms with Crippen LogP contribution in [0.3, 0.4) is 0 Å². The van der Waals surface area contributed by atoms with Gasteiger partial charge in [0.25, 0.3) is 0 Å². The summed E-state index contributed by atoms with van der Waals surface area (Å²) in [5, 5.41) is 0. The first-order valence-electron chi connectivity index (χ1n) is 5.67. The predicted octanol–water partition coefficient (Wildman–Crippen LogP) is 0.836. The van der Waals surface area contributed by atoms with Gasteiger partial charge in [0, 0.05) is 26.2 Å². The fraction of sp³-hybridized carbons (Fsp3) is 1.00. The minimum Gasteiger partial charge on any atom is -0.379 e. The molecular weight excluding hydrogens is 176 g/mol. The van der Waals surface area contributed by atoms with Crippen molar-refractivity contribution in [3.05, 3.63) is 0 Å². The van der Waals surface area contributed by atoms with E-state index in [1.165, 1.54) is 19.5 Å². The largest absolute Gasteiger partial charge is 0.379 e. The Morgan fingerprint density at radius 2 is 2.14 bits per heavy atom. The van der Waals surface area contributed by atoms with Gasteiger partial charge in [-0.15, -0.1) is 0 Å². The molecule has 1 unspecified atom stereocenters. The standard InChI is InChI=1S/C11H22N2O/c1-3-10(2)7-13(8-10)11(6-12)4-5-14-9-11/h3-9,12H2,1-2H3. The van der Waals surface area contributed by atoms with Crippen LogP contribution >= 0.6 is 0 Å². The Kier molecular flexibility index (Phi) is 2.58. The normalized spacial score (nSPS) is 37.1. The molecule has 82 valence electrons. The average molecular weight is 198 g/mol. The van der Waals surface area contributed by atoms with E-state index in [1.54, 1.807) is 0 Å². The van der Waals surface area contributed by atoms with Gasteiger partial charge < -0.3 is 10.5 Å². The summed E-state index contributed by atoms with van der Waals surface area (Å²) in [4.78, 5) is 2.53. The summed E-state index contributed by atoms with van der Waals surface area (Å²) in [5.41, 5.74) is 6.60. The summed E-state index contributed by atoms with van der Waals surface area (Å²) in [5.74, 6) is 0. The number of nitrogens with two attached hydrogens (primary N) is 1. The van der Waals surface area contributed by atoms with Crippen molar-refractivity contribution in [3.63, 3.8) is 0 Å². The van der Waals surface area contributed by atoms with Gasteiger partial charge in [-0.3, -0.25) is 4.90 Å². The smallest absolute Gasteiger partial charge is 0.0663 e. The van der Waals surface area contributed by atoms with E-state index in [9.17, 15) is 0 Å². The SMILES string of the molecule is CCC1(C)CN(C2(CN)CCOC2)C1. The van der Waals surface area contributed by atoms with Crippen LogP contribution in [0.5, 0.6) is 0 Å². The monoisotopic (exact) mass is 198 g/mol. The van der Waals surface area contributed by atoms with Crippen LogP contribution in [0.4, 0.5) is 0 Å². The van der Waals surface area contributed by atoms with E-state index in [0.29, 0.717) is 5.41 Å². The molecule has 14 heavy (non-hydrogen) atoms. The molecule has 1 atom stereocenters. The summed E-state index contributed by atoms with van der Waals surface area (Å²) < 4.78 is 5.49. The number of hydrogen-bond donors (Lipinski definition) is 1. The Morgan fingerprint density at radius 1 is 1.43 bits per heavy atom. The molecule has 0 radical (unpaired) electrons. The van der Waals surface area contributed by atoms with Crippen LogP contribution in [-0.2, 0) is 4.74 Å². The van der Waals surface area contributed by atoms with E-state index < -0.39 is 0 Å². The summed E-state index contributed by atoms with van der Waals surface area (Å²) in [6.07, 6.45) is 2.38. The van der Waals surface area contributed by atoms with Gasteiger partial charge in [-0.05, 0) is 18.3 Å². The van der Waals surface area contributed by atoms with Crippen LogP contribution in [0.1, 0.15) is 26.7 Å². The molecular formula is C11H22N2O. The second-order valence-electron chi connectivity index (χ2n) is 5.25. The molecule has 0 aromatic rings. The number of rotatable bonds is 3. The van der Waals surface area contributed by atoms with Gasteiger partial charge in [-0.2, -0.15) is 0 Å². The van der Waals surface area contributed by atoms with Gasteiger partial charge in [0.05, 0.1) is 12.1 Å². The van der Waals surface area contributed by atoms with E-state index >= 15 is 0 Å². The van der Waals surface area contributed by atoms with Crippen molar-refractivity contribution in [3.8, 4) is 0 Å². The predicted molar refractivity (Wildman–Crippen MR) is 57.2 cm³/mol. The number of likely N-dealkylation sites (tertiary alicyclic amines) is 1. The summed E-state index contributed by atoms with van der Waals surface area (Å²) in [6.45, 7) is 9.50. The lowest BCUT2D eigenvalue weighted by molar-refractivity contribution is -0.0697. The van der Waals surface area contributed by atoms with Crippen LogP contribution in [0.2, 0.25) is 0 Å². The number of nitrogens with zero attached hydrogens (tertiary/aromatic N) is 1. The van der Waals surface area contributed by atoms with Crippen molar-refractivity contribution < 1.29 is 4.74 Å². The minimum absolute atomic E-state index is 0.175. The molecule has 3 nitrogen and oxygen atoms in total. The summed E-state index contributed by atoms with van der Waals surface area (Å²) >= 11 is 0. The first-order valence-corrected chi connectivity index (χ1v) is 5.67. The zero-order valence-corrected chi connectivity index (χ0v) is 9.38. The van der Waals surface area contributed by atoms with Gasteiger partial charge in [0.2, 0.25) is 0 Å². The summed E-state index contributed by atoms with van der Waals surface area (Å²) in [6, 6.07) is 0. The maximum atomic E-state index is 5.89. The molecule has 0 spiro atoms. The van der Waals surface area contributed by atoms with Gasteiger partial charge in [0.15, 0.2) is 0 Å². The third-order valence-electron chi connectivity index (χ3n) is 4.13. The molecule has 0 aromatic heterocycles. The fourth-order valence-electron chi connectivity index (χ4n) is 2.57. The number of hydrogen-bond acceptors (Lipinski definition) is 3. The second kappa shape index (κ2) is 3.47. The lowest BCUT2D eigenvalue weighted by Gasteiger charge is -2.55. The van der Waals surface area contributed by atoms with Gasteiger partial charge in [-0.1, -0.05) is 13.8 Å². The molecule has 3 heteroatoms. The van der Waals surface area contributed by atoms with E-state index in [4.69, 9.17) is 10.5 Å². The molecule has 2 fully saturated rings. The number of ether oxygens (including phenoxy) is 1. The molecule has 0 saturated carbocycles. The lowest BCUT2D eigenvalue weighted by Crippen LogP contribution is -2.67. The molecule has 2 saturated heterocycles. The highest BCUT2D eigenvalue weighted by molar-refractivity contribution is 5.04. The Morgan fingerprint density at radius 3 is 2.57 bits per heavy atom. The Balaban J connectivity index is 1.96. The van der Waals surface area contributed by atoms with Crippen molar-refractivity contribution in [2.75, 3.05) is 32.8 Å². The third kappa shape index (κ3) is 1.47. The zero-order valence-electron chi connectivity index (χ0n) is 9.38. The molecule has 2 heterocycles. The van der Waals surface area contributed by atoms with E-state index in [1.807, 2.05) is 0 Å². The van der Waals surface area contributed by atoms with Crippen LogP contribution in [0.15, 0.2) is 0 Å². The molecule has 2 rings (SSSR count). The Hall–Kier alpha value is -0.120. The van der Waals surface area contributed by atoms with Crippen molar-refractivity contribution in [1.82, 2.24) is 4.90 Å². The Bertz CT molecular complexity index is 205. The molecule has 2 N–H and O–H groups in total. The first kappa shape index (κ1) is 10.4. The van der Waals surface area contributed by atoms with Crippen molar-refractivity contribution in [2.45, 2.75) is 32.2 Å². The highest BCUT2D eigenvalue weighted by Crippen LogP contribution is 2.40. The minimum atomic E-state index is 0.175. The topological polar surface area (TPSA) is 38.5 Å². The van der Waals surface area contributed by atoms with E-state index in [-0.39, 0.29) is 5.54 Å². The summed E-state index contributed by atoms with van der Waals surface area (Å²) in [7, 11) is 0. The highest BCUT2D eigenvalue weighted by Gasteiger charge is 2.49. The molecule has 0 amide bonds. The van der Waals surface area contributed by atoms with Crippen LogP contribution in [0, 0.1) is 5.41 Å². The van der Waals surface area contributed by atoms with E-state index in [2.05, 4.69) is 18.7 Å². The lowest BCUT2D eigenvalue weighted by atomic mass is 9.75. The Labute approximate surface area is 86.6 Å². The van der Waals surface area contributed by atoms with Gasteiger partial charge >= 0.3 is 0 Å². The maximum Gasteiger partial charge on any atom is 0.0663 e. The quantitative estimate of drug-likeness (QED) is 0.730. The van der Waals surface area contributed by atoms with Crippen molar-refractivity contribution >= 4 is 0 Å². The van der Waals surface area contributed by atoms with Crippen LogP contribution < -0.4 is 5.73 Å².